The van der Waals surface area contributed by atoms with Gasteiger partial charge in [0.15, 0.2) is 0 Å². The van der Waals surface area contributed by atoms with Crippen molar-refractivity contribution >= 4 is 21.8 Å². The minimum Gasteiger partial charge on any atom is -0.267 e. The van der Waals surface area contributed by atoms with Gasteiger partial charge in [-0.1, -0.05) is 24.3 Å². The third kappa shape index (κ3) is 4.15. The number of hydrogen-bond acceptors (Lipinski definition) is 4. The Kier molecular flexibility index (Phi) is 4.77. The summed E-state index contributed by atoms with van der Waals surface area (Å²) in [5.74, 6) is -1.14. The van der Waals surface area contributed by atoms with E-state index in [1.807, 2.05) is 0 Å². The highest BCUT2D eigenvalue weighted by molar-refractivity contribution is 7.89. The van der Waals surface area contributed by atoms with E-state index in [4.69, 9.17) is 5.14 Å². The van der Waals surface area contributed by atoms with E-state index < -0.39 is 21.8 Å². The largest absolute Gasteiger partial charge is 0.269 e. The second-order valence-electron chi connectivity index (χ2n) is 4.80. The van der Waals surface area contributed by atoms with Crippen molar-refractivity contribution in [2.24, 2.45) is 5.14 Å². The molecule has 0 bridgehead atoms. The van der Waals surface area contributed by atoms with E-state index in [1.165, 1.54) is 12.1 Å². The molecule has 0 fully saturated rings. The van der Waals surface area contributed by atoms with Gasteiger partial charge in [0, 0.05) is 11.1 Å². The van der Waals surface area contributed by atoms with Crippen molar-refractivity contribution in [3.8, 4) is 0 Å². The van der Waals surface area contributed by atoms with E-state index in [0.29, 0.717) is 11.1 Å². The molecule has 0 aliphatic rings. The van der Waals surface area contributed by atoms with E-state index in [1.54, 1.807) is 37.3 Å². The van der Waals surface area contributed by atoms with Gasteiger partial charge in [-0.2, -0.15) is 0 Å². The fourth-order valence-electron chi connectivity index (χ4n) is 1.90. The first-order valence-corrected chi connectivity index (χ1v) is 8.13. The van der Waals surface area contributed by atoms with Gasteiger partial charge in [-0.05, 0) is 36.8 Å². The zero-order valence-electron chi connectivity index (χ0n) is 12.2. The van der Waals surface area contributed by atoms with Crippen molar-refractivity contribution in [3.05, 3.63) is 65.2 Å². The number of nitrogens with one attached hydrogen (secondary N) is 2. The third-order valence-corrected chi connectivity index (χ3v) is 4.14. The topological polar surface area (TPSA) is 118 Å². The van der Waals surface area contributed by atoms with Crippen LogP contribution in [0.2, 0.25) is 0 Å². The number of carbonyl (C=O) groups excluding carboxylic acids is 2. The molecule has 2 aromatic rings. The fourth-order valence-corrected chi connectivity index (χ4v) is 2.70. The van der Waals surface area contributed by atoms with Crippen LogP contribution in [0.4, 0.5) is 0 Å². The van der Waals surface area contributed by atoms with Crippen LogP contribution < -0.4 is 16.0 Å². The first-order chi connectivity index (χ1) is 10.8. The van der Waals surface area contributed by atoms with Gasteiger partial charge in [0.25, 0.3) is 11.8 Å². The normalized spacial score (nSPS) is 10.9. The summed E-state index contributed by atoms with van der Waals surface area (Å²) < 4.78 is 22.9. The molecule has 0 atom stereocenters. The van der Waals surface area contributed by atoms with Gasteiger partial charge in [0.2, 0.25) is 10.0 Å². The van der Waals surface area contributed by atoms with Gasteiger partial charge in [0.05, 0.1) is 4.90 Å². The molecule has 0 aliphatic carbocycles. The summed E-state index contributed by atoms with van der Waals surface area (Å²) in [5.41, 5.74) is 5.34. The third-order valence-electron chi connectivity index (χ3n) is 3.08. The van der Waals surface area contributed by atoms with Gasteiger partial charge in [-0.15, -0.1) is 0 Å². The lowest BCUT2D eigenvalue weighted by molar-refractivity contribution is 0.0846. The number of aryl methyl sites for hydroxylation is 1. The number of carbonyl (C=O) groups is 2. The van der Waals surface area contributed by atoms with E-state index in [-0.39, 0.29) is 10.5 Å². The molecule has 0 aliphatic heterocycles. The molecule has 0 saturated carbocycles. The van der Waals surface area contributed by atoms with Crippen LogP contribution in [0.15, 0.2) is 53.4 Å². The van der Waals surface area contributed by atoms with Gasteiger partial charge in [-0.25, -0.2) is 13.6 Å². The minimum absolute atomic E-state index is 0.0630. The lowest BCUT2D eigenvalue weighted by atomic mass is 10.1. The predicted octanol–water partition coefficient (Wildman–Crippen LogP) is 0.717. The minimum atomic E-state index is -3.93. The number of nitrogens with two attached hydrogens (primary N) is 1. The van der Waals surface area contributed by atoms with Crippen molar-refractivity contribution in [3.63, 3.8) is 0 Å². The fraction of sp³-hybridized carbons (Fsp3) is 0.0667. The van der Waals surface area contributed by atoms with Gasteiger partial charge >= 0.3 is 0 Å². The smallest absolute Gasteiger partial charge is 0.267 e. The maximum absolute atomic E-state index is 12.0. The number of amides is 2. The Bertz CT molecular complexity index is 848. The molecule has 2 amide bonds. The van der Waals surface area contributed by atoms with Crippen LogP contribution >= 0.6 is 0 Å². The van der Waals surface area contributed by atoms with E-state index in [0.717, 1.165) is 6.07 Å². The van der Waals surface area contributed by atoms with Crippen molar-refractivity contribution < 1.29 is 18.0 Å². The molecule has 0 spiro atoms. The highest BCUT2D eigenvalue weighted by atomic mass is 32.2. The predicted molar refractivity (Wildman–Crippen MR) is 83.9 cm³/mol. The number of hydrazine groups is 1. The van der Waals surface area contributed by atoms with Crippen LogP contribution in [0.3, 0.4) is 0 Å². The van der Waals surface area contributed by atoms with Crippen LogP contribution in [0.1, 0.15) is 26.3 Å². The van der Waals surface area contributed by atoms with Crippen LogP contribution in [0.5, 0.6) is 0 Å². The van der Waals surface area contributed by atoms with Gasteiger partial charge in [0.1, 0.15) is 0 Å². The second kappa shape index (κ2) is 6.59. The maximum atomic E-state index is 12.0. The molecule has 120 valence electrons. The van der Waals surface area contributed by atoms with Gasteiger partial charge < -0.3 is 0 Å². The maximum Gasteiger partial charge on any atom is 0.269 e. The highest BCUT2D eigenvalue weighted by Gasteiger charge is 2.15. The second-order valence-corrected chi connectivity index (χ2v) is 6.33. The molecular formula is C15H15N3O4S. The Morgan fingerprint density at radius 3 is 2.04 bits per heavy atom. The molecule has 7 nitrogen and oxygen atoms in total. The summed E-state index contributed by atoms with van der Waals surface area (Å²) >= 11 is 0. The average Bonchev–Trinajstić information content (AvgIpc) is 2.52. The molecule has 0 heterocycles. The molecule has 23 heavy (non-hydrogen) atoms. The SMILES string of the molecule is Cc1ccc(C(=O)NNC(=O)c2ccccc2)cc1S(N)(=O)=O. The number of rotatable bonds is 3. The van der Waals surface area contributed by atoms with Crippen LogP contribution in [-0.4, -0.2) is 20.2 Å². The molecule has 0 radical (unpaired) electrons. The van der Waals surface area contributed by atoms with Crippen LogP contribution in [0, 0.1) is 6.92 Å². The standard InChI is InChI=1S/C15H15N3O4S/c1-10-7-8-12(9-13(10)23(16,21)22)15(20)18-17-14(19)11-5-3-2-4-6-11/h2-9H,1H3,(H,17,19)(H,18,20)(H2,16,21,22). The summed E-state index contributed by atoms with van der Waals surface area (Å²) in [4.78, 5) is 23.7. The Morgan fingerprint density at radius 1 is 0.913 bits per heavy atom. The highest BCUT2D eigenvalue weighted by Crippen LogP contribution is 2.15. The molecule has 0 aromatic heterocycles. The molecular weight excluding hydrogens is 318 g/mol. The molecule has 8 heteroatoms. The van der Waals surface area contributed by atoms with E-state index in [2.05, 4.69) is 10.9 Å². The Hall–Kier alpha value is -2.71. The number of hydrogen-bond donors (Lipinski definition) is 3. The first-order valence-electron chi connectivity index (χ1n) is 6.58. The van der Waals surface area contributed by atoms with Crippen molar-refractivity contribution in [2.45, 2.75) is 11.8 Å². The molecule has 0 saturated heterocycles. The average molecular weight is 333 g/mol. The quantitative estimate of drug-likeness (QED) is 0.717. The number of sulfonamides is 1. The number of benzene rings is 2. The molecule has 4 N–H and O–H groups in total. The van der Waals surface area contributed by atoms with Crippen molar-refractivity contribution in [2.75, 3.05) is 0 Å². The van der Waals surface area contributed by atoms with E-state index >= 15 is 0 Å². The summed E-state index contributed by atoms with van der Waals surface area (Å²) in [7, 11) is -3.93. The molecule has 2 rings (SSSR count). The van der Waals surface area contributed by atoms with Crippen molar-refractivity contribution in [1.29, 1.82) is 0 Å². The Labute approximate surface area is 133 Å². The monoisotopic (exact) mass is 333 g/mol. The summed E-state index contributed by atoms with van der Waals surface area (Å²) in [5, 5.41) is 5.10. The summed E-state index contributed by atoms with van der Waals surface area (Å²) in [6.45, 7) is 1.57. The van der Waals surface area contributed by atoms with Crippen LogP contribution in [-0.2, 0) is 10.0 Å². The lowest BCUT2D eigenvalue weighted by Crippen LogP contribution is -2.41. The molecule has 2 aromatic carbocycles. The Morgan fingerprint density at radius 2 is 1.48 bits per heavy atom. The molecule has 0 unspecified atom stereocenters. The lowest BCUT2D eigenvalue weighted by Gasteiger charge is -2.09. The van der Waals surface area contributed by atoms with Crippen LogP contribution in [0.25, 0.3) is 0 Å². The summed E-state index contributed by atoms with van der Waals surface area (Å²) in [6.07, 6.45) is 0. The number of primary sulfonamides is 1. The van der Waals surface area contributed by atoms with Crippen molar-refractivity contribution in [1.82, 2.24) is 10.9 Å². The zero-order valence-corrected chi connectivity index (χ0v) is 13.1. The van der Waals surface area contributed by atoms with E-state index in [9.17, 15) is 18.0 Å². The first kappa shape index (κ1) is 16.7. The van der Waals surface area contributed by atoms with Gasteiger partial charge in [-0.3, -0.25) is 20.4 Å². The summed E-state index contributed by atoms with van der Waals surface area (Å²) in [6, 6.07) is 12.4. The zero-order chi connectivity index (χ0) is 17.0. The Balaban J connectivity index is 2.11.